The molecule has 0 atom stereocenters. The van der Waals surface area contributed by atoms with E-state index >= 15 is 0 Å². The van der Waals surface area contributed by atoms with Crippen molar-refractivity contribution in [2.75, 3.05) is 0 Å². The van der Waals surface area contributed by atoms with Gasteiger partial charge in [0.1, 0.15) is 18.2 Å². The van der Waals surface area contributed by atoms with Crippen molar-refractivity contribution in [3.63, 3.8) is 0 Å². The second-order valence-electron chi connectivity index (χ2n) is 4.49. The van der Waals surface area contributed by atoms with E-state index in [1.54, 1.807) is 24.3 Å². The molecule has 3 nitrogen and oxygen atoms in total. The monoisotopic (exact) mass is 302 g/mol. The fourth-order valence-corrected chi connectivity index (χ4v) is 3.17. The SMILES string of the molecule is O=C(O)c1cccc2c(COc3cccc(F)c3)csc12. The van der Waals surface area contributed by atoms with Crippen molar-refractivity contribution in [2.45, 2.75) is 6.61 Å². The van der Waals surface area contributed by atoms with Crippen LogP contribution in [0.15, 0.2) is 47.8 Å². The standard InChI is InChI=1S/C16H11FO3S/c17-11-3-1-4-12(7-11)20-8-10-9-21-15-13(10)5-2-6-14(15)16(18)19/h1-7,9H,8H2,(H,18,19). The predicted molar refractivity (Wildman–Crippen MR) is 79.5 cm³/mol. The number of halogens is 1. The number of hydrogen-bond acceptors (Lipinski definition) is 3. The molecule has 1 N–H and O–H groups in total. The molecule has 3 aromatic rings. The van der Waals surface area contributed by atoms with Crippen LogP contribution in [0, 0.1) is 5.82 Å². The average molecular weight is 302 g/mol. The van der Waals surface area contributed by atoms with E-state index in [0.717, 1.165) is 15.6 Å². The van der Waals surface area contributed by atoms with Gasteiger partial charge in [-0.05, 0) is 29.0 Å². The van der Waals surface area contributed by atoms with Gasteiger partial charge in [-0.15, -0.1) is 11.3 Å². The summed E-state index contributed by atoms with van der Waals surface area (Å²) in [7, 11) is 0. The maximum atomic E-state index is 13.1. The molecule has 0 aliphatic carbocycles. The molecular weight excluding hydrogens is 291 g/mol. The van der Waals surface area contributed by atoms with Crippen molar-refractivity contribution in [1.29, 1.82) is 0 Å². The highest BCUT2D eigenvalue weighted by Gasteiger charge is 2.12. The molecule has 0 fully saturated rings. The fraction of sp³-hybridized carbons (Fsp3) is 0.0625. The third-order valence-electron chi connectivity index (χ3n) is 3.10. The van der Waals surface area contributed by atoms with E-state index < -0.39 is 5.97 Å². The Bertz CT molecular complexity index is 810. The zero-order valence-corrected chi connectivity index (χ0v) is 11.7. The Kier molecular flexibility index (Phi) is 3.58. The smallest absolute Gasteiger partial charge is 0.337 e. The van der Waals surface area contributed by atoms with Crippen LogP contribution in [0.5, 0.6) is 5.75 Å². The van der Waals surface area contributed by atoms with Gasteiger partial charge >= 0.3 is 5.97 Å². The normalized spacial score (nSPS) is 10.7. The van der Waals surface area contributed by atoms with Crippen molar-refractivity contribution in [3.05, 3.63) is 64.8 Å². The van der Waals surface area contributed by atoms with Gasteiger partial charge in [-0.1, -0.05) is 18.2 Å². The Balaban J connectivity index is 1.88. The van der Waals surface area contributed by atoms with Crippen molar-refractivity contribution >= 4 is 27.4 Å². The summed E-state index contributed by atoms with van der Waals surface area (Å²) in [4.78, 5) is 11.2. The summed E-state index contributed by atoms with van der Waals surface area (Å²) in [5.41, 5.74) is 1.18. The molecule has 1 aromatic heterocycles. The van der Waals surface area contributed by atoms with Gasteiger partial charge in [0.2, 0.25) is 0 Å². The number of carbonyl (C=O) groups is 1. The van der Waals surface area contributed by atoms with Gasteiger partial charge < -0.3 is 9.84 Å². The van der Waals surface area contributed by atoms with E-state index in [1.165, 1.54) is 23.5 Å². The first-order chi connectivity index (χ1) is 10.1. The van der Waals surface area contributed by atoms with Crippen molar-refractivity contribution in [3.8, 4) is 5.75 Å². The number of aromatic carboxylic acids is 1. The molecule has 0 unspecified atom stereocenters. The summed E-state index contributed by atoms with van der Waals surface area (Å²) >= 11 is 1.37. The number of ether oxygens (including phenoxy) is 1. The van der Waals surface area contributed by atoms with Crippen LogP contribution in [0.1, 0.15) is 15.9 Å². The Hall–Kier alpha value is -2.40. The van der Waals surface area contributed by atoms with Crippen LogP contribution in [0.4, 0.5) is 4.39 Å². The van der Waals surface area contributed by atoms with E-state index in [1.807, 2.05) is 11.4 Å². The molecule has 5 heteroatoms. The van der Waals surface area contributed by atoms with Crippen LogP contribution in [0.2, 0.25) is 0 Å². The number of benzene rings is 2. The molecule has 0 spiro atoms. The lowest BCUT2D eigenvalue weighted by Gasteiger charge is -2.05. The van der Waals surface area contributed by atoms with Gasteiger partial charge in [-0.3, -0.25) is 0 Å². The first-order valence-electron chi connectivity index (χ1n) is 6.26. The summed E-state index contributed by atoms with van der Waals surface area (Å²) < 4.78 is 19.4. The molecule has 0 aliphatic heterocycles. The number of carboxylic acids is 1. The number of thiophene rings is 1. The van der Waals surface area contributed by atoms with Crippen LogP contribution in [0.3, 0.4) is 0 Å². The Morgan fingerprint density at radius 1 is 1.24 bits per heavy atom. The lowest BCUT2D eigenvalue weighted by Crippen LogP contribution is -1.97. The third kappa shape index (κ3) is 2.73. The highest BCUT2D eigenvalue weighted by atomic mass is 32.1. The topological polar surface area (TPSA) is 46.5 Å². The van der Waals surface area contributed by atoms with Crippen molar-refractivity contribution < 1.29 is 19.0 Å². The molecule has 2 aromatic carbocycles. The van der Waals surface area contributed by atoms with Crippen LogP contribution in [0.25, 0.3) is 10.1 Å². The second-order valence-corrected chi connectivity index (χ2v) is 5.37. The highest BCUT2D eigenvalue weighted by molar-refractivity contribution is 7.17. The lowest BCUT2D eigenvalue weighted by atomic mass is 10.1. The Morgan fingerprint density at radius 2 is 2.05 bits per heavy atom. The second kappa shape index (κ2) is 5.54. The maximum Gasteiger partial charge on any atom is 0.337 e. The molecule has 21 heavy (non-hydrogen) atoms. The summed E-state index contributed by atoms with van der Waals surface area (Å²) in [6.45, 7) is 0.270. The van der Waals surface area contributed by atoms with Gasteiger partial charge in [0, 0.05) is 16.3 Å². The predicted octanol–water partition coefficient (Wildman–Crippen LogP) is 4.32. The molecule has 0 bridgehead atoms. The summed E-state index contributed by atoms with van der Waals surface area (Å²) in [6.07, 6.45) is 0. The van der Waals surface area contributed by atoms with Gasteiger partial charge in [0.05, 0.1) is 5.56 Å². The Morgan fingerprint density at radius 3 is 2.81 bits per heavy atom. The summed E-state index contributed by atoms with van der Waals surface area (Å²) in [6, 6.07) is 11.1. The molecule has 3 rings (SSSR count). The van der Waals surface area contributed by atoms with Crippen LogP contribution in [-0.4, -0.2) is 11.1 Å². The van der Waals surface area contributed by atoms with E-state index in [9.17, 15) is 9.18 Å². The minimum atomic E-state index is -0.944. The van der Waals surface area contributed by atoms with Gasteiger partial charge in [-0.2, -0.15) is 0 Å². The zero-order chi connectivity index (χ0) is 14.8. The van der Waals surface area contributed by atoms with Gasteiger partial charge in [0.25, 0.3) is 0 Å². The van der Waals surface area contributed by atoms with Crippen LogP contribution < -0.4 is 4.74 Å². The first-order valence-corrected chi connectivity index (χ1v) is 7.14. The number of fused-ring (bicyclic) bond motifs is 1. The Labute approximate surface area is 124 Å². The number of hydrogen-bond donors (Lipinski definition) is 1. The largest absolute Gasteiger partial charge is 0.489 e. The van der Waals surface area contributed by atoms with E-state index in [4.69, 9.17) is 9.84 Å². The molecule has 0 aliphatic rings. The number of carboxylic acid groups (broad SMARTS) is 1. The van der Waals surface area contributed by atoms with Crippen molar-refractivity contribution in [1.82, 2.24) is 0 Å². The van der Waals surface area contributed by atoms with Crippen LogP contribution >= 0.6 is 11.3 Å². The average Bonchev–Trinajstić information content (AvgIpc) is 2.88. The minimum absolute atomic E-state index is 0.270. The third-order valence-corrected chi connectivity index (χ3v) is 4.18. The van der Waals surface area contributed by atoms with Gasteiger partial charge in [-0.25, -0.2) is 9.18 Å². The maximum absolute atomic E-state index is 13.1. The molecule has 0 saturated carbocycles. The summed E-state index contributed by atoms with van der Waals surface area (Å²) in [5.74, 6) is -0.848. The number of rotatable bonds is 4. The lowest BCUT2D eigenvalue weighted by molar-refractivity contribution is 0.0699. The highest BCUT2D eigenvalue weighted by Crippen LogP contribution is 2.30. The molecule has 0 radical (unpaired) electrons. The fourth-order valence-electron chi connectivity index (χ4n) is 2.11. The molecule has 0 amide bonds. The minimum Gasteiger partial charge on any atom is -0.489 e. The first kappa shape index (κ1) is 13.6. The van der Waals surface area contributed by atoms with Gasteiger partial charge in [0.15, 0.2) is 0 Å². The molecule has 1 heterocycles. The van der Waals surface area contributed by atoms with E-state index in [0.29, 0.717) is 5.75 Å². The molecule has 106 valence electrons. The molecular formula is C16H11FO3S. The molecule has 0 saturated heterocycles. The summed E-state index contributed by atoms with van der Waals surface area (Å²) in [5, 5.41) is 11.9. The van der Waals surface area contributed by atoms with E-state index in [2.05, 4.69) is 0 Å². The van der Waals surface area contributed by atoms with E-state index in [-0.39, 0.29) is 18.0 Å². The quantitative estimate of drug-likeness (QED) is 0.781. The zero-order valence-electron chi connectivity index (χ0n) is 10.9. The van der Waals surface area contributed by atoms with Crippen LogP contribution in [-0.2, 0) is 6.61 Å². The van der Waals surface area contributed by atoms with Crippen molar-refractivity contribution in [2.24, 2.45) is 0 Å².